The fourth-order valence-electron chi connectivity index (χ4n) is 1.73. The SMILES string of the molecule is CC1CN(c2ccc(Cl)cn2)CC1N. The van der Waals surface area contributed by atoms with Gasteiger partial charge in [-0.15, -0.1) is 0 Å². The van der Waals surface area contributed by atoms with Gasteiger partial charge in [-0.05, 0) is 18.1 Å². The van der Waals surface area contributed by atoms with Crippen molar-refractivity contribution in [1.29, 1.82) is 0 Å². The summed E-state index contributed by atoms with van der Waals surface area (Å²) in [5, 5.41) is 0.672. The summed E-state index contributed by atoms with van der Waals surface area (Å²) >= 11 is 5.77. The smallest absolute Gasteiger partial charge is 0.128 e. The molecule has 14 heavy (non-hydrogen) atoms. The normalized spacial score (nSPS) is 26.9. The van der Waals surface area contributed by atoms with E-state index in [1.807, 2.05) is 12.1 Å². The molecule has 76 valence electrons. The highest BCUT2D eigenvalue weighted by molar-refractivity contribution is 6.30. The Hall–Kier alpha value is -0.800. The van der Waals surface area contributed by atoms with E-state index < -0.39 is 0 Å². The number of pyridine rings is 1. The molecule has 0 saturated carbocycles. The van der Waals surface area contributed by atoms with Crippen molar-refractivity contribution in [3.05, 3.63) is 23.4 Å². The van der Waals surface area contributed by atoms with E-state index in [0.717, 1.165) is 18.9 Å². The summed E-state index contributed by atoms with van der Waals surface area (Å²) in [5.41, 5.74) is 5.94. The van der Waals surface area contributed by atoms with Gasteiger partial charge in [0, 0.05) is 25.3 Å². The third-order valence-corrected chi connectivity index (χ3v) is 2.93. The van der Waals surface area contributed by atoms with E-state index in [0.29, 0.717) is 10.9 Å². The van der Waals surface area contributed by atoms with Crippen molar-refractivity contribution in [3.63, 3.8) is 0 Å². The van der Waals surface area contributed by atoms with Crippen LogP contribution in [0, 0.1) is 5.92 Å². The Morgan fingerprint density at radius 2 is 2.29 bits per heavy atom. The molecule has 1 aromatic rings. The first kappa shape index (κ1) is 9.74. The van der Waals surface area contributed by atoms with Gasteiger partial charge in [0.15, 0.2) is 0 Å². The Morgan fingerprint density at radius 3 is 2.79 bits per heavy atom. The molecule has 0 aliphatic carbocycles. The molecule has 2 heterocycles. The van der Waals surface area contributed by atoms with Crippen molar-refractivity contribution >= 4 is 17.4 Å². The van der Waals surface area contributed by atoms with Crippen LogP contribution in [0.25, 0.3) is 0 Å². The number of aromatic nitrogens is 1. The van der Waals surface area contributed by atoms with E-state index in [4.69, 9.17) is 17.3 Å². The second-order valence-corrected chi connectivity index (χ2v) is 4.32. The second kappa shape index (κ2) is 3.75. The van der Waals surface area contributed by atoms with Crippen LogP contribution in [0.2, 0.25) is 5.02 Å². The van der Waals surface area contributed by atoms with Crippen LogP contribution in [0.15, 0.2) is 18.3 Å². The van der Waals surface area contributed by atoms with Crippen molar-refractivity contribution in [2.24, 2.45) is 11.7 Å². The molecular formula is C10H14ClN3. The zero-order valence-electron chi connectivity index (χ0n) is 8.15. The summed E-state index contributed by atoms with van der Waals surface area (Å²) in [6.07, 6.45) is 1.67. The standard InChI is InChI=1S/C10H14ClN3/c1-7-5-14(6-9(7)12)10-3-2-8(11)4-13-10/h2-4,7,9H,5-6,12H2,1H3. The lowest BCUT2D eigenvalue weighted by molar-refractivity contribution is 0.566. The summed E-state index contributed by atoms with van der Waals surface area (Å²) < 4.78 is 0. The molecule has 0 spiro atoms. The van der Waals surface area contributed by atoms with Crippen LogP contribution in [0.1, 0.15) is 6.92 Å². The minimum atomic E-state index is 0.257. The van der Waals surface area contributed by atoms with Crippen LogP contribution in [0.4, 0.5) is 5.82 Å². The molecule has 2 atom stereocenters. The number of halogens is 1. The summed E-state index contributed by atoms with van der Waals surface area (Å²) in [4.78, 5) is 6.47. The van der Waals surface area contributed by atoms with Gasteiger partial charge in [-0.25, -0.2) is 4.98 Å². The molecule has 0 radical (unpaired) electrons. The average Bonchev–Trinajstić information content (AvgIpc) is 2.48. The Balaban J connectivity index is 2.13. The predicted octanol–water partition coefficient (Wildman–Crippen LogP) is 1.52. The number of nitrogens with zero attached hydrogens (tertiary/aromatic N) is 2. The zero-order valence-corrected chi connectivity index (χ0v) is 8.91. The first-order valence-electron chi connectivity index (χ1n) is 4.79. The van der Waals surface area contributed by atoms with E-state index >= 15 is 0 Å². The number of rotatable bonds is 1. The Morgan fingerprint density at radius 1 is 1.50 bits per heavy atom. The van der Waals surface area contributed by atoms with Crippen LogP contribution >= 0.6 is 11.6 Å². The van der Waals surface area contributed by atoms with Gasteiger partial charge in [-0.3, -0.25) is 0 Å². The van der Waals surface area contributed by atoms with Gasteiger partial charge in [0.1, 0.15) is 5.82 Å². The Labute approximate surface area is 88.9 Å². The maximum Gasteiger partial charge on any atom is 0.128 e. The minimum Gasteiger partial charge on any atom is -0.355 e. The molecule has 1 fully saturated rings. The third-order valence-electron chi connectivity index (χ3n) is 2.71. The Bertz CT molecular complexity index is 302. The maximum atomic E-state index is 5.94. The van der Waals surface area contributed by atoms with Crippen molar-refractivity contribution in [2.45, 2.75) is 13.0 Å². The van der Waals surface area contributed by atoms with Gasteiger partial charge in [0.2, 0.25) is 0 Å². The highest BCUT2D eigenvalue weighted by Gasteiger charge is 2.27. The molecule has 0 bridgehead atoms. The molecule has 4 heteroatoms. The molecule has 1 aromatic heterocycles. The quantitative estimate of drug-likeness (QED) is 0.766. The summed E-state index contributed by atoms with van der Waals surface area (Å²) in [7, 11) is 0. The zero-order chi connectivity index (χ0) is 10.1. The number of anilines is 1. The molecule has 2 rings (SSSR count). The molecule has 1 aliphatic rings. The maximum absolute atomic E-state index is 5.94. The third kappa shape index (κ3) is 1.83. The van der Waals surface area contributed by atoms with E-state index in [-0.39, 0.29) is 6.04 Å². The van der Waals surface area contributed by atoms with Crippen molar-refractivity contribution in [3.8, 4) is 0 Å². The topological polar surface area (TPSA) is 42.2 Å². The first-order valence-corrected chi connectivity index (χ1v) is 5.16. The van der Waals surface area contributed by atoms with E-state index in [1.54, 1.807) is 6.20 Å². The fraction of sp³-hybridized carbons (Fsp3) is 0.500. The second-order valence-electron chi connectivity index (χ2n) is 3.88. The number of hydrogen-bond donors (Lipinski definition) is 1. The molecule has 3 nitrogen and oxygen atoms in total. The van der Waals surface area contributed by atoms with Gasteiger partial charge >= 0.3 is 0 Å². The van der Waals surface area contributed by atoms with E-state index in [9.17, 15) is 0 Å². The van der Waals surface area contributed by atoms with E-state index in [1.165, 1.54) is 0 Å². The Kier molecular flexibility index (Phi) is 2.61. The molecule has 1 aliphatic heterocycles. The molecule has 2 N–H and O–H groups in total. The molecule has 0 amide bonds. The van der Waals surface area contributed by atoms with Crippen molar-refractivity contribution in [1.82, 2.24) is 4.98 Å². The highest BCUT2D eigenvalue weighted by Crippen LogP contribution is 2.21. The van der Waals surface area contributed by atoms with Crippen LogP contribution in [-0.2, 0) is 0 Å². The minimum absolute atomic E-state index is 0.257. The predicted molar refractivity (Wildman–Crippen MR) is 58.6 cm³/mol. The van der Waals surface area contributed by atoms with Crippen LogP contribution in [-0.4, -0.2) is 24.1 Å². The van der Waals surface area contributed by atoms with Gasteiger partial charge in [0.25, 0.3) is 0 Å². The summed E-state index contributed by atoms with van der Waals surface area (Å²) in [6.45, 7) is 4.03. The summed E-state index contributed by atoms with van der Waals surface area (Å²) in [5.74, 6) is 1.50. The number of hydrogen-bond acceptors (Lipinski definition) is 3. The first-order chi connectivity index (χ1) is 6.66. The molecule has 2 unspecified atom stereocenters. The molecular weight excluding hydrogens is 198 g/mol. The van der Waals surface area contributed by atoms with E-state index in [2.05, 4.69) is 16.8 Å². The van der Waals surface area contributed by atoms with Gasteiger partial charge < -0.3 is 10.6 Å². The lowest BCUT2D eigenvalue weighted by Crippen LogP contribution is -2.28. The van der Waals surface area contributed by atoms with Gasteiger partial charge in [0.05, 0.1) is 5.02 Å². The van der Waals surface area contributed by atoms with Crippen molar-refractivity contribution in [2.75, 3.05) is 18.0 Å². The van der Waals surface area contributed by atoms with Crippen LogP contribution < -0.4 is 10.6 Å². The lowest BCUT2D eigenvalue weighted by atomic mass is 10.1. The van der Waals surface area contributed by atoms with Crippen LogP contribution in [0.3, 0.4) is 0 Å². The monoisotopic (exact) mass is 211 g/mol. The molecule has 0 aromatic carbocycles. The summed E-state index contributed by atoms with van der Waals surface area (Å²) in [6, 6.07) is 4.05. The van der Waals surface area contributed by atoms with Crippen molar-refractivity contribution < 1.29 is 0 Å². The average molecular weight is 212 g/mol. The number of nitrogens with two attached hydrogens (primary N) is 1. The molecule has 1 saturated heterocycles. The largest absolute Gasteiger partial charge is 0.355 e. The van der Waals surface area contributed by atoms with Gasteiger partial charge in [-0.1, -0.05) is 18.5 Å². The lowest BCUT2D eigenvalue weighted by Gasteiger charge is -2.16. The fourth-order valence-corrected chi connectivity index (χ4v) is 1.85. The highest BCUT2D eigenvalue weighted by atomic mass is 35.5. The van der Waals surface area contributed by atoms with Gasteiger partial charge in [-0.2, -0.15) is 0 Å². The van der Waals surface area contributed by atoms with Crippen LogP contribution in [0.5, 0.6) is 0 Å².